The fourth-order valence-electron chi connectivity index (χ4n) is 4.00. The first-order valence-corrected chi connectivity index (χ1v) is 15.2. The van der Waals surface area contributed by atoms with Crippen LogP contribution in [0.15, 0.2) is 48.5 Å². The second-order valence-electron chi connectivity index (χ2n) is 11.1. The average molecular weight is 664 g/mol. The van der Waals surface area contributed by atoms with Crippen molar-refractivity contribution in [2.45, 2.75) is 54.6 Å². The van der Waals surface area contributed by atoms with Crippen molar-refractivity contribution in [3.05, 3.63) is 92.5 Å². The van der Waals surface area contributed by atoms with Crippen molar-refractivity contribution in [2.24, 2.45) is 11.8 Å². The molecule has 0 aliphatic heterocycles. The number of carboxylic acid groups (broad SMARTS) is 1. The second-order valence-corrected chi connectivity index (χ2v) is 12.4. The summed E-state index contributed by atoms with van der Waals surface area (Å²) in [6.45, 7) is 14.1. The van der Waals surface area contributed by atoms with Crippen LogP contribution in [-0.2, 0) is 13.1 Å². The zero-order valence-electron chi connectivity index (χ0n) is 25.6. The molecule has 0 radical (unpaired) electrons. The van der Waals surface area contributed by atoms with Gasteiger partial charge in [-0.3, -0.25) is 14.2 Å². The van der Waals surface area contributed by atoms with Crippen LogP contribution in [0.4, 0.5) is 0 Å². The number of ether oxygens (including phenoxy) is 2. The maximum absolute atomic E-state index is 11.2. The van der Waals surface area contributed by atoms with E-state index < -0.39 is 11.2 Å². The van der Waals surface area contributed by atoms with Crippen molar-refractivity contribution in [1.82, 2.24) is 19.6 Å². The van der Waals surface area contributed by atoms with Crippen LogP contribution in [0.3, 0.4) is 0 Å². The van der Waals surface area contributed by atoms with E-state index in [0.717, 1.165) is 34.0 Å². The molecule has 0 atom stereocenters. The number of carbonyl (C=O) groups is 2. The van der Waals surface area contributed by atoms with Crippen LogP contribution in [-0.4, -0.2) is 49.1 Å². The molecule has 0 spiro atoms. The van der Waals surface area contributed by atoms with E-state index in [4.69, 9.17) is 49.4 Å². The molecule has 0 saturated heterocycles. The zero-order chi connectivity index (χ0) is 32.6. The van der Waals surface area contributed by atoms with E-state index in [1.807, 2.05) is 38.1 Å². The first-order valence-electron chi connectivity index (χ1n) is 14.1. The van der Waals surface area contributed by atoms with Crippen molar-refractivity contribution >= 4 is 46.0 Å². The third kappa shape index (κ3) is 10.3. The lowest BCUT2D eigenvalue weighted by molar-refractivity contribution is 0.0689. The van der Waals surface area contributed by atoms with E-state index in [1.54, 1.807) is 33.6 Å². The van der Waals surface area contributed by atoms with Crippen LogP contribution in [0, 0.1) is 25.7 Å². The molecule has 2 aromatic carbocycles. The summed E-state index contributed by atoms with van der Waals surface area (Å²) in [5.41, 5.74) is 3.67. The summed E-state index contributed by atoms with van der Waals surface area (Å²) in [5.74, 6) is 1.31. The first kappa shape index (κ1) is 35.0. The Morgan fingerprint density at radius 1 is 0.750 bits per heavy atom. The van der Waals surface area contributed by atoms with Gasteiger partial charge in [-0.25, -0.2) is 4.79 Å². The highest BCUT2D eigenvalue weighted by Gasteiger charge is 2.15. The van der Waals surface area contributed by atoms with Crippen LogP contribution in [0.1, 0.15) is 71.2 Å². The van der Waals surface area contributed by atoms with Gasteiger partial charge in [-0.1, -0.05) is 50.9 Å². The Bertz CT molecular complexity index is 1480. The minimum atomic E-state index is -1.04. The Hall–Kier alpha value is -3.53. The molecule has 0 amide bonds. The number of aromatic carboxylic acids is 1. The van der Waals surface area contributed by atoms with Gasteiger partial charge in [0.15, 0.2) is 5.69 Å². The van der Waals surface area contributed by atoms with Crippen molar-refractivity contribution in [3.63, 3.8) is 0 Å². The van der Waals surface area contributed by atoms with Crippen LogP contribution >= 0.6 is 34.8 Å². The number of benzene rings is 2. The molecular weight excluding hydrogens is 627 g/mol. The maximum Gasteiger partial charge on any atom is 0.356 e. The third-order valence-corrected chi connectivity index (χ3v) is 6.88. The Kier molecular flexibility index (Phi) is 12.7. The second kappa shape index (κ2) is 16.0. The highest BCUT2D eigenvalue weighted by molar-refractivity contribution is 6.67. The van der Waals surface area contributed by atoms with Crippen LogP contribution in [0.2, 0.25) is 10.0 Å². The van der Waals surface area contributed by atoms with Gasteiger partial charge in [0.2, 0.25) is 0 Å². The number of hydrogen-bond donors (Lipinski definition) is 1. The number of aromatic nitrogens is 4. The van der Waals surface area contributed by atoms with E-state index in [1.165, 1.54) is 0 Å². The molecule has 0 aliphatic carbocycles. The Morgan fingerprint density at radius 2 is 1.16 bits per heavy atom. The minimum Gasteiger partial charge on any atom is -0.493 e. The number of aryl methyl sites for hydroxylation is 2. The van der Waals surface area contributed by atoms with Crippen molar-refractivity contribution in [2.75, 3.05) is 13.2 Å². The number of carboxylic acids is 1. The van der Waals surface area contributed by atoms with Gasteiger partial charge in [-0.15, -0.1) is 0 Å². The molecular formula is C32H37Cl3N4O5. The van der Waals surface area contributed by atoms with Crippen molar-refractivity contribution in [1.29, 1.82) is 0 Å². The van der Waals surface area contributed by atoms with E-state index in [-0.39, 0.29) is 11.4 Å². The smallest absolute Gasteiger partial charge is 0.356 e. The van der Waals surface area contributed by atoms with Gasteiger partial charge in [0.05, 0.1) is 26.3 Å². The average Bonchev–Trinajstić information content (AvgIpc) is 3.50. The van der Waals surface area contributed by atoms with Crippen molar-refractivity contribution < 1.29 is 24.2 Å². The van der Waals surface area contributed by atoms with Gasteiger partial charge in [-0.05, 0) is 85.8 Å². The van der Waals surface area contributed by atoms with Gasteiger partial charge in [0.25, 0.3) is 5.24 Å². The number of halogens is 3. The summed E-state index contributed by atoms with van der Waals surface area (Å²) in [5, 5.41) is 18.0. The SMILES string of the molecule is Cc1cc(C(=O)Cl)nn1Cc1cc(Cl)ccc1OCC(C)C.Cc1cc(C(=O)O)nn1Cc1cc(Cl)ccc1OCC(C)C. The van der Waals surface area contributed by atoms with Gasteiger partial charge in [0.1, 0.15) is 17.2 Å². The number of rotatable bonds is 12. The third-order valence-electron chi connectivity index (χ3n) is 6.21. The van der Waals surface area contributed by atoms with Gasteiger partial charge >= 0.3 is 5.97 Å². The molecule has 9 nitrogen and oxygen atoms in total. The van der Waals surface area contributed by atoms with Gasteiger partial charge in [0, 0.05) is 32.6 Å². The molecule has 0 unspecified atom stereocenters. The van der Waals surface area contributed by atoms with E-state index in [2.05, 4.69) is 37.9 Å². The molecule has 0 aliphatic rings. The Morgan fingerprint density at radius 3 is 1.50 bits per heavy atom. The Balaban J connectivity index is 0.000000240. The molecule has 0 saturated carbocycles. The molecule has 1 N–H and O–H groups in total. The zero-order valence-corrected chi connectivity index (χ0v) is 27.9. The highest BCUT2D eigenvalue weighted by atomic mass is 35.5. The highest BCUT2D eigenvalue weighted by Crippen LogP contribution is 2.26. The standard InChI is InChI=1S/C16H18Cl2N2O2.C16H19ClN2O3/c1-10(2)9-22-15-5-4-13(17)7-12(15)8-20-11(3)6-14(19-20)16(18)21;1-10(2)9-22-15-5-4-13(17)7-12(15)8-19-11(3)6-14(18-19)16(20)21/h4-7,10H,8-9H2,1-3H3;4-7,10H,8-9H2,1-3H3,(H,20,21). The minimum absolute atomic E-state index is 0.0316. The lowest BCUT2D eigenvalue weighted by Crippen LogP contribution is -2.10. The van der Waals surface area contributed by atoms with Crippen LogP contribution < -0.4 is 9.47 Å². The molecule has 0 bridgehead atoms. The van der Waals surface area contributed by atoms with Gasteiger partial charge < -0.3 is 14.6 Å². The summed E-state index contributed by atoms with van der Waals surface area (Å²) in [6, 6.07) is 14.1. The van der Waals surface area contributed by atoms with E-state index in [0.29, 0.717) is 48.2 Å². The molecule has 12 heteroatoms. The monoisotopic (exact) mass is 662 g/mol. The topological polar surface area (TPSA) is 108 Å². The van der Waals surface area contributed by atoms with Crippen LogP contribution in [0.5, 0.6) is 11.5 Å². The summed E-state index contributed by atoms with van der Waals surface area (Å²) in [4.78, 5) is 22.2. The lowest BCUT2D eigenvalue weighted by Gasteiger charge is -2.14. The quantitative estimate of drug-likeness (QED) is 0.153. The van der Waals surface area contributed by atoms with E-state index in [9.17, 15) is 9.59 Å². The summed E-state index contributed by atoms with van der Waals surface area (Å²) >= 11 is 17.6. The molecule has 2 heterocycles. The first-order chi connectivity index (χ1) is 20.7. The normalized spacial score (nSPS) is 11.0. The molecule has 2 aromatic heterocycles. The molecule has 44 heavy (non-hydrogen) atoms. The van der Waals surface area contributed by atoms with Crippen LogP contribution in [0.25, 0.3) is 0 Å². The van der Waals surface area contributed by atoms with Crippen molar-refractivity contribution in [3.8, 4) is 11.5 Å². The molecule has 4 aromatic rings. The summed E-state index contributed by atoms with van der Waals surface area (Å²) < 4.78 is 15.0. The van der Waals surface area contributed by atoms with E-state index >= 15 is 0 Å². The predicted octanol–water partition coefficient (Wildman–Crippen LogP) is 7.93. The molecule has 4 rings (SSSR count). The largest absolute Gasteiger partial charge is 0.493 e. The number of hydrogen-bond acceptors (Lipinski definition) is 6. The fourth-order valence-corrected chi connectivity index (χ4v) is 4.48. The predicted molar refractivity (Wildman–Crippen MR) is 173 cm³/mol. The lowest BCUT2D eigenvalue weighted by atomic mass is 10.2. The summed E-state index contributed by atoms with van der Waals surface area (Å²) in [7, 11) is 0. The van der Waals surface area contributed by atoms with Gasteiger partial charge in [-0.2, -0.15) is 10.2 Å². The fraction of sp³-hybridized carbons (Fsp3) is 0.375. The number of carbonyl (C=O) groups excluding carboxylic acids is 1. The number of nitrogens with zero attached hydrogens (tertiary/aromatic N) is 4. The maximum atomic E-state index is 11.2. The summed E-state index contributed by atoms with van der Waals surface area (Å²) in [6.07, 6.45) is 0. The Labute approximate surface area is 272 Å². The molecule has 0 fully saturated rings. The molecule has 236 valence electrons.